The highest BCUT2D eigenvalue weighted by molar-refractivity contribution is 5.88. The number of rotatable bonds is 3. The Hall–Kier alpha value is -1.45. The van der Waals surface area contributed by atoms with Crippen molar-refractivity contribution in [2.24, 2.45) is 0 Å². The van der Waals surface area contributed by atoms with Gasteiger partial charge in [0, 0.05) is 0 Å². The molecule has 0 fully saturated rings. The Kier molecular flexibility index (Phi) is 3.19. The van der Waals surface area contributed by atoms with E-state index in [-0.39, 0.29) is 5.97 Å². The maximum Gasteiger partial charge on any atom is 0.339 e. The maximum absolute atomic E-state index is 11.1. The lowest BCUT2D eigenvalue weighted by Crippen LogP contribution is -2.06. The van der Waals surface area contributed by atoms with Crippen LogP contribution < -0.4 is 0 Å². The van der Waals surface area contributed by atoms with E-state index in [1.54, 1.807) is 6.07 Å². The summed E-state index contributed by atoms with van der Waals surface area (Å²) in [6, 6.07) is 1.57. The standard InChI is InChI=1S/C8H10N2O2/c1-2-5-12-8(11)7-3-4-9-10-6-7/h3-4,6H,2,5H2,1H3. The first-order valence-electron chi connectivity index (χ1n) is 3.78. The molecule has 0 radical (unpaired) electrons. The number of nitrogens with zero attached hydrogens (tertiary/aromatic N) is 2. The van der Waals surface area contributed by atoms with Crippen LogP contribution >= 0.6 is 0 Å². The molecule has 1 aromatic heterocycles. The first-order chi connectivity index (χ1) is 5.84. The summed E-state index contributed by atoms with van der Waals surface area (Å²) in [5.41, 5.74) is 0.443. The quantitative estimate of drug-likeness (QED) is 0.629. The van der Waals surface area contributed by atoms with E-state index in [0.717, 1.165) is 6.42 Å². The van der Waals surface area contributed by atoms with Crippen LogP contribution in [0.4, 0.5) is 0 Å². The molecule has 4 nitrogen and oxygen atoms in total. The molecule has 0 spiro atoms. The van der Waals surface area contributed by atoms with Gasteiger partial charge in [0.15, 0.2) is 0 Å². The molecule has 0 saturated carbocycles. The van der Waals surface area contributed by atoms with Crippen LogP contribution in [0.1, 0.15) is 23.7 Å². The van der Waals surface area contributed by atoms with E-state index in [2.05, 4.69) is 10.2 Å². The van der Waals surface area contributed by atoms with Crippen LogP contribution in [0.3, 0.4) is 0 Å². The highest BCUT2D eigenvalue weighted by Crippen LogP contribution is 1.97. The largest absolute Gasteiger partial charge is 0.462 e. The number of hydrogen-bond acceptors (Lipinski definition) is 4. The molecule has 0 unspecified atom stereocenters. The van der Waals surface area contributed by atoms with Gasteiger partial charge in [-0.3, -0.25) is 0 Å². The van der Waals surface area contributed by atoms with Crippen LogP contribution in [0.5, 0.6) is 0 Å². The molecular formula is C8H10N2O2. The zero-order chi connectivity index (χ0) is 8.81. The number of ether oxygens (including phenoxy) is 1. The molecule has 0 aliphatic carbocycles. The number of hydrogen-bond donors (Lipinski definition) is 0. The Morgan fingerprint density at radius 3 is 3.00 bits per heavy atom. The van der Waals surface area contributed by atoms with E-state index in [0.29, 0.717) is 12.2 Å². The molecule has 12 heavy (non-hydrogen) atoms. The molecule has 0 saturated heterocycles. The first-order valence-corrected chi connectivity index (χ1v) is 3.78. The van der Waals surface area contributed by atoms with Crippen LogP contribution in [0.25, 0.3) is 0 Å². The van der Waals surface area contributed by atoms with Gasteiger partial charge in [0.25, 0.3) is 0 Å². The molecule has 4 heteroatoms. The first kappa shape index (κ1) is 8.64. The second kappa shape index (κ2) is 4.43. The van der Waals surface area contributed by atoms with Crippen molar-refractivity contribution >= 4 is 5.97 Å². The SMILES string of the molecule is CCCOC(=O)c1ccnnc1. The minimum atomic E-state index is -0.341. The van der Waals surface area contributed by atoms with Crippen LogP contribution in [0, 0.1) is 0 Å². The van der Waals surface area contributed by atoms with Crippen molar-refractivity contribution in [1.82, 2.24) is 10.2 Å². The van der Waals surface area contributed by atoms with E-state index in [4.69, 9.17) is 4.74 Å². The Balaban J connectivity index is 2.54. The fourth-order valence-corrected chi connectivity index (χ4v) is 0.690. The minimum Gasteiger partial charge on any atom is -0.462 e. The molecule has 1 heterocycles. The predicted molar refractivity (Wildman–Crippen MR) is 42.6 cm³/mol. The van der Waals surface area contributed by atoms with Crippen LogP contribution in [-0.4, -0.2) is 22.8 Å². The smallest absolute Gasteiger partial charge is 0.339 e. The minimum absolute atomic E-state index is 0.341. The molecule has 0 bridgehead atoms. The molecule has 0 aromatic carbocycles. The van der Waals surface area contributed by atoms with Gasteiger partial charge in [-0.05, 0) is 12.5 Å². The van der Waals surface area contributed by atoms with E-state index in [1.807, 2.05) is 6.92 Å². The van der Waals surface area contributed by atoms with Crippen molar-refractivity contribution in [1.29, 1.82) is 0 Å². The zero-order valence-corrected chi connectivity index (χ0v) is 6.86. The summed E-state index contributed by atoms with van der Waals surface area (Å²) >= 11 is 0. The third-order valence-electron chi connectivity index (χ3n) is 1.26. The fourth-order valence-electron chi connectivity index (χ4n) is 0.690. The summed E-state index contributed by atoms with van der Waals surface area (Å²) in [6.07, 6.45) is 3.67. The zero-order valence-electron chi connectivity index (χ0n) is 6.86. The molecule has 0 aliphatic heterocycles. The summed E-state index contributed by atoms with van der Waals surface area (Å²) in [4.78, 5) is 11.1. The Bertz CT molecular complexity index is 248. The maximum atomic E-state index is 11.1. The summed E-state index contributed by atoms with van der Waals surface area (Å²) in [5.74, 6) is -0.341. The lowest BCUT2D eigenvalue weighted by atomic mass is 10.3. The van der Waals surface area contributed by atoms with E-state index in [9.17, 15) is 4.79 Å². The van der Waals surface area contributed by atoms with E-state index in [1.165, 1.54) is 12.4 Å². The molecule has 1 rings (SSSR count). The van der Waals surface area contributed by atoms with Gasteiger partial charge in [-0.1, -0.05) is 6.92 Å². The van der Waals surface area contributed by atoms with Crippen molar-refractivity contribution in [3.63, 3.8) is 0 Å². The summed E-state index contributed by atoms with van der Waals surface area (Å²) in [7, 11) is 0. The Labute approximate surface area is 70.6 Å². The van der Waals surface area contributed by atoms with E-state index >= 15 is 0 Å². The van der Waals surface area contributed by atoms with Gasteiger partial charge >= 0.3 is 5.97 Å². The average Bonchev–Trinajstić information content (AvgIpc) is 2.15. The van der Waals surface area contributed by atoms with Crippen LogP contribution in [0.15, 0.2) is 18.5 Å². The van der Waals surface area contributed by atoms with Gasteiger partial charge in [0.05, 0.1) is 24.6 Å². The second-order valence-electron chi connectivity index (χ2n) is 2.27. The summed E-state index contributed by atoms with van der Waals surface area (Å²) in [6.45, 7) is 2.39. The lowest BCUT2D eigenvalue weighted by Gasteiger charge is -2.00. The molecule has 0 aliphatic rings. The van der Waals surface area contributed by atoms with Crippen molar-refractivity contribution in [3.8, 4) is 0 Å². The van der Waals surface area contributed by atoms with Gasteiger partial charge in [-0.15, -0.1) is 0 Å². The Morgan fingerprint density at radius 1 is 1.58 bits per heavy atom. The van der Waals surface area contributed by atoms with E-state index < -0.39 is 0 Å². The number of carbonyl (C=O) groups is 1. The van der Waals surface area contributed by atoms with Gasteiger partial charge in [0.1, 0.15) is 0 Å². The number of aromatic nitrogens is 2. The Morgan fingerprint density at radius 2 is 2.42 bits per heavy atom. The van der Waals surface area contributed by atoms with Gasteiger partial charge in [-0.2, -0.15) is 10.2 Å². The normalized spacial score (nSPS) is 9.42. The van der Waals surface area contributed by atoms with Crippen molar-refractivity contribution < 1.29 is 9.53 Å². The van der Waals surface area contributed by atoms with Crippen molar-refractivity contribution in [3.05, 3.63) is 24.0 Å². The van der Waals surface area contributed by atoms with Crippen molar-refractivity contribution in [2.75, 3.05) is 6.61 Å². The van der Waals surface area contributed by atoms with Gasteiger partial charge < -0.3 is 4.74 Å². The molecule has 0 atom stereocenters. The molecule has 1 aromatic rings. The highest BCUT2D eigenvalue weighted by atomic mass is 16.5. The topological polar surface area (TPSA) is 52.1 Å². The monoisotopic (exact) mass is 166 g/mol. The third kappa shape index (κ3) is 2.30. The van der Waals surface area contributed by atoms with Crippen molar-refractivity contribution in [2.45, 2.75) is 13.3 Å². The lowest BCUT2D eigenvalue weighted by molar-refractivity contribution is 0.0504. The number of carbonyl (C=O) groups excluding carboxylic acids is 1. The molecule has 64 valence electrons. The summed E-state index contributed by atoms with van der Waals surface area (Å²) in [5, 5.41) is 7.11. The van der Waals surface area contributed by atoms with Crippen LogP contribution in [0.2, 0.25) is 0 Å². The average molecular weight is 166 g/mol. The third-order valence-corrected chi connectivity index (χ3v) is 1.26. The second-order valence-corrected chi connectivity index (χ2v) is 2.27. The van der Waals surface area contributed by atoms with Crippen LogP contribution in [-0.2, 0) is 4.74 Å². The van der Waals surface area contributed by atoms with Gasteiger partial charge in [0.2, 0.25) is 0 Å². The predicted octanol–water partition coefficient (Wildman–Crippen LogP) is 1.04. The summed E-state index contributed by atoms with van der Waals surface area (Å²) < 4.78 is 4.87. The van der Waals surface area contributed by atoms with Gasteiger partial charge in [-0.25, -0.2) is 4.79 Å². The molecule has 0 N–H and O–H groups in total. The molecular weight excluding hydrogens is 156 g/mol. The molecule has 0 amide bonds. The number of esters is 1. The fraction of sp³-hybridized carbons (Fsp3) is 0.375. The highest BCUT2D eigenvalue weighted by Gasteiger charge is 2.04.